The van der Waals surface area contributed by atoms with Gasteiger partial charge in [-0.2, -0.15) is 0 Å². The minimum absolute atomic E-state index is 0.690. The molecular formula is C10H15NO. The molecule has 0 amide bonds. The van der Waals surface area contributed by atoms with Gasteiger partial charge in [0.1, 0.15) is 0 Å². The van der Waals surface area contributed by atoms with Gasteiger partial charge in [-0.25, -0.2) is 0 Å². The van der Waals surface area contributed by atoms with E-state index in [1.165, 1.54) is 24.8 Å². The number of unbranched alkanes of at least 4 members (excludes halogenated alkanes) is 1. The highest BCUT2D eigenvalue weighted by Crippen LogP contribution is 2.22. The maximum Gasteiger partial charge on any atom is 0.0852 e. The maximum atomic E-state index is 10.1. The lowest BCUT2D eigenvalue weighted by atomic mass is 9.98. The molecule has 0 saturated carbocycles. The summed E-state index contributed by atoms with van der Waals surface area (Å²) < 4.78 is 0. The molecule has 0 atom stereocenters. The summed E-state index contributed by atoms with van der Waals surface area (Å²) in [5.74, 6) is 0. The van der Waals surface area contributed by atoms with Crippen molar-refractivity contribution in [3.8, 4) is 0 Å². The van der Waals surface area contributed by atoms with Crippen LogP contribution in [0.5, 0.6) is 0 Å². The molecule has 0 aliphatic heterocycles. The van der Waals surface area contributed by atoms with E-state index in [-0.39, 0.29) is 0 Å². The van der Waals surface area contributed by atoms with Crippen LogP contribution in [-0.2, 0) is 0 Å². The topological polar surface area (TPSA) is 29.4 Å². The van der Waals surface area contributed by atoms with Crippen molar-refractivity contribution >= 4 is 0 Å². The third kappa shape index (κ3) is 2.61. The standard InChI is InChI=1S/C10H15NO/c1-2-3-4-9-5-7-10(11-12)8-6-9/h5,7H,2-4,6,8H2,1H3. The molecule has 0 bridgehead atoms. The van der Waals surface area contributed by atoms with Crippen molar-refractivity contribution < 1.29 is 0 Å². The van der Waals surface area contributed by atoms with Gasteiger partial charge in [-0.15, -0.1) is 4.91 Å². The van der Waals surface area contributed by atoms with E-state index in [9.17, 15) is 4.91 Å². The first-order valence-corrected chi connectivity index (χ1v) is 4.58. The van der Waals surface area contributed by atoms with Crippen LogP contribution in [0, 0.1) is 4.91 Å². The molecule has 0 aromatic carbocycles. The van der Waals surface area contributed by atoms with E-state index in [4.69, 9.17) is 0 Å². The van der Waals surface area contributed by atoms with Crippen molar-refractivity contribution in [3.63, 3.8) is 0 Å². The Hall–Kier alpha value is -0.920. The van der Waals surface area contributed by atoms with Gasteiger partial charge in [0.15, 0.2) is 0 Å². The zero-order chi connectivity index (χ0) is 8.81. The van der Waals surface area contributed by atoms with Crippen molar-refractivity contribution in [1.82, 2.24) is 0 Å². The highest BCUT2D eigenvalue weighted by molar-refractivity contribution is 5.23. The SMILES string of the molecule is CCCCC1=CC=C(N=O)CC1. The molecule has 2 heteroatoms. The van der Waals surface area contributed by atoms with Crippen LogP contribution in [0.2, 0.25) is 0 Å². The Morgan fingerprint density at radius 3 is 2.75 bits per heavy atom. The van der Waals surface area contributed by atoms with Gasteiger partial charge < -0.3 is 0 Å². The molecule has 0 heterocycles. The van der Waals surface area contributed by atoms with Crippen molar-refractivity contribution in [2.24, 2.45) is 5.18 Å². The number of nitroso groups, excluding NO2 is 1. The van der Waals surface area contributed by atoms with Gasteiger partial charge in [0.25, 0.3) is 0 Å². The number of rotatable bonds is 4. The zero-order valence-electron chi connectivity index (χ0n) is 7.55. The third-order valence-electron chi connectivity index (χ3n) is 2.18. The Bertz CT molecular complexity index is 216. The highest BCUT2D eigenvalue weighted by Gasteiger charge is 2.05. The summed E-state index contributed by atoms with van der Waals surface area (Å²) in [4.78, 5) is 10.1. The number of hydrogen-bond donors (Lipinski definition) is 0. The molecule has 1 rings (SSSR count). The molecule has 2 nitrogen and oxygen atoms in total. The predicted molar refractivity (Wildman–Crippen MR) is 50.7 cm³/mol. The quantitative estimate of drug-likeness (QED) is 0.586. The molecule has 12 heavy (non-hydrogen) atoms. The van der Waals surface area contributed by atoms with Crippen LogP contribution in [0.15, 0.2) is 28.6 Å². The van der Waals surface area contributed by atoms with Crippen LogP contribution < -0.4 is 0 Å². The van der Waals surface area contributed by atoms with Crippen LogP contribution >= 0.6 is 0 Å². The lowest BCUT2D eigenvalue weighted by molar-refractivity contribution is 0.739. The molecule has 0 aromatic rings. The third-order valence-corrected chi connectivity index (χ3v) is 2.18. The van der Waals surface area contributed by atoms with Crippen molar-refractivity contribution in [2.45, 2.75) is 39.0 Å². The van der Waals surface area contributed by atoms with E-state index < -0.39 is 0 Å². The minimum Gasteiger partial charge on any atom is -0.145 e. The van der Waals surface area contributed by atoms with Crippen molar-refractivity contribution in [1.29, 1.82) is 0 Å². The van der Waals surface area contributed by atoms with Crippen LogP contribution in [0.25, 0.3) is 0 Å². The Morgan fingerprint density at radius 1 is 1.42 bits per heavy atom. The summed E-state index contributed by atoms with van der Waals surface area (Å²) in [6.07, 6.45) is 9.43. The summed E-state index contributed by atoms with van der Waals surface area (Å²) in [6, 6.07) is 0. The molecule has 0 radical (unpaired) electrons. The molecule has 0 unspecified atom stereocenters. The second kappa shape index (κ2) is 4.86. The van der Waals surface area contributed by atoms with E-state index in [2.05, 4.69) is 18.2 Å². The molecule has 1 aliphatic rings. The maximum absolute atomic E-state index is 10.1. The van der Waals surface area contributed by atoms with Gasteiger partial charge in [-0.05, 0) is 36.9 Å². The van der Waals surface area contributed by atoms with Crippen LogP contribution in [0.3, 0.4) is 0 Å². The average Bonchev–Trinajstić information content (AvgIpc) is 2.15. The molecule has 0 spiro atoms. The molecular weight excluding hydrogens is 150 g/mol. The lowest BCUT2D eigenvalue weighted by Crippen LogP contribution is -1.91. The second-order valence-corrected chi connectivity index (χ2v) is 3.18. The first-order chi connectivity index (χ1) is 5.86. The van der Waals surface area contributed by atoms with Gasteiger partial charge in [0, 0.05) is 0 Å². The zero-order valence-corrected chi connectivity index (χ0v) is 7.55. The molecule has 0 saturated heterocycles. The Morgan fingerprint density at radius 2 is 2.25 bits per heavy atom. The van der Waals surface area contributed by atoms with Crippen molar-refractivity contribution in [3.05, 3.63) is 28.3 Å². The van der Waals surface area contributed by atoms with Gasteiger partial charge >= 0.3 is 0 Å². The van der Waals surface area contributed by atoms with Crippen LogP contribution in [0.4, 0.5) is 0 Å². The average molecular weight is 165 g/mol. The molecule has 66 valence electrons. The van der Waals surface area contributed by atoms with E-state index in [1.54, 1.807) is 0 Å². The first kappa shape index (κ1) is 9.17. The van der Waals surface area contributed by atoms with Gasteiger partial charge in [-0.1, -0.05) is 25.0 Å². The summed E-state index contributed by atoms with van der Waals surface area (Å²) in [5, 5.41) is 2.93. The van der Waals surface area contributed by atoms with Crippen molar-refractivity contribution in [2.75, 3.05) is 0 Å². The van der Waals surface area contributed by atoms with E-state index in [1.807, 2.05) is 6.08 Å². The largest absolute Gasteiger partial charge is 0.145 e. The second-order valence-electron chi connectivity index (χ2n) is 3.18. The number of allylic oxidation sites excluding steroid dienone is 4. The Balaban J connectivity index is 2.42. The first-order valence-electron chi connectivity index (χ1n) is 4.58. The minimum atomic E-state index is 0.690. The lowest BCUT2D eigenvalue weighted by Gasteiger charge is -2.09. The van der Waals surface area contributed by atoms with Crippen LogP contribution in [0.1, 0.15) is 39.0 Å². The molecule has 0 fully saturated rings. The van der Waals surface area contributed by atoms with Gasteiger partial charge in [-0.3, -0.25) is 0 Å². The fourth-order valence-corrected chi connectivity index (χ4v) is 1.36. The molecule has 0 N–H and O–H groups in total. The smallest absolute Gasteiger partial charge is 0.0852 e. The Labute approximate surface area is 73.3 Å². The predicted octanol–water partition coefficient (Wildman–Crippen LogP) is 3.55. The van der Waals surface area contributed by atoms with Gasteiger partial charge in [0.2, 0.25) is 0 Å². The summed E-state index contributed by atoms with van der Waals surface area (Å²) in [6.45, 7) is 2.19. The molecule has 0 aromatic heterocycles. The summed E-state index contributed by atoms with van der Waals surface area (Å²) >= 11 is 0. The summed E-state index contributed by atoms with van der Waals surface area (Å²) in [5.41, 5.74) is 2.15. The number of nitrogens with zero attached hydrogens (tertiary/aromatic N) is 1. The van der Waals surface area contributed by atoms with E-state index >= 15 is 0 Å². The fraction of sp³-hybridized carbons (Fsp3) is 0.600. The van der Waals surface area contributed by atoms with E-state index in [0.29, 0.717) is 5.70 Å². The summed E-state index contributed by atoms with van der Waals surface area (Å²) in [7, 11) is 0. The normalized spacial score (nSPS) is 16.8. The van der Waals surface area contributed by atoms with Crippen LogP contribution in [-0.4, -0.2) is 0 Å². The van der Waals surface area contributed by atoms with E-state index in [0.717, 1.165) is 12.8 Å². The highest BCUT2D eigenvalue weighted by atomic mass is 16.3. The monoisotopic (exact) mass is 165 g/mol. The van der Waals surface area contributed by atoms with Gasteiger partial charge in [0.05, 0.1) is 5.70 Å². The Kier molecular flexibility index (Phi) is 3.71. The fourth-order valence-electron chi connectivity index (χ4n) is 1.36. The molecule has 1 aliphatic carbocycles. The number of hydrogen-bond acceptors (Lipinski definition) is 2.